The number of rotatable bonds is 5. The summed E-state index contributed by atoms with van der Waals surface area (Å²) in [5.74, 6) is 0. The van der Waals surface area contributed by atoms with E-state index < -0.39 is 0 Å². The monoisotopic (exact) mass is 199 g/mol. The second-order valence-corrected chi connectivity index (χ2v) is 3.08. The molecule has 13 heavy (non-hydrogen) atoms. The molecule has 0 bridgehead atoms. The second kappa shape index (κ2) is 8.09. The van der Waals surface area contributed by atoms with Crippen LogP contribution in [-0.2, 0) is 6.42 Å². The SMILES string of the molecule is Cl.NCCCCCc1ccccc1. The molecular formula is C11H18ClN. The third-order valence-corrected chi connectivity index (χ3v) is 2.01. The van der Waals surface area contributed by atoms with Crippen LogP contribution in [0.3, 0.4) is 0 Å². The predicted octanol–water partition coefficient (Wildman–Crippen LogP) is 2.78. The molecule has 2 heteroatoms. The van der Waals surface area contributed by atoms with Gasteiger partial charge in [0, 0.05) is 0 Å². The summed E-state index contributed by atoms with van der Waals surface area (Å²) in [6, 6.07) is 10.6. The van der Waals surface area contributed by atoms with E-state index in [9.17, 15) is 0 Å². The number of hydrogen-bond donors (Lipinski definition) is 1. The molecule has 0 fully saturated rings. The summed E-state index contributed by atoms with van der Waals surface area (Å²) in [6.45, 7) is 0.828. The topological polar surface area (TPSA) is 26.0 Å². The Labute approximate surface area is 86.7 Å². The molecule has 0 unspecified atom stereocenters. The molecule has 1 rings (SSSR count). The fourth-order valence-corrected chi connectivity index (χ4v) is 1.29. The predicted molar refractivity (Wildman–Crippen MR) is 60.3 cm³/mol. The maximum Gasteiger partial charge on any atom is -0.00773 e. The molecule has 0 radical (unpaired) electrons. The smallest absolute Gasteiger partial charge is 0.00773 e. The minimum absolute atomic E-state index is 0. The van der Waals surface area contributed by atoms with E-state index >= 15 is 0 Å². The molecule has 1 aromatic rings. The fourth-order valence-electron chi connectivity index (χ4n) is 1.29. The lowest BCUT2D eigenvalue weighted by Gasteiger charge is -1.99. The van der Waals surface area contributed by atoms with Gasteiger partial charge >= 0.3 is 0 Å². The van der Waals surface area contributed by atoms with Gasteiger partial charge in [-0.3, -0.25) is 0 Å². The van der Waals surface area contributed by atoms with Gasteiger partial charge in [0.15, 0.2) is 0 Å². The Morgan fingerprint density at radius 3 is 2.23 bits per heavy atom. The number of hydrogen-bond acceptors (Lipinski definition) is 1. The second-order valence-electron chi connectivity index (χ2n) is 3.08. The minimum Gasteiger partial charge on any atom is -0.330 e. The largest absolute Gasteiger partial charge is 0.330 e. The maximum absolute atomic E-state index is 5.41. The van der Waals surface area contributed by atoms with Crippen molar-refractivity contribution in [1.82, 2.24) is 0 Å². The van der Waals surface area contributed by atoms with Crippen molar-refractivity contribution in [3.63, 3.8) is 0 Å². The third kappa shape index (κ3) is 5.67. The molecule has 2 N–H and O–H groups in total. The summed E-state index contributed by atoms with van der Waals surface area (Å²) in [5.41, 5.74) is 6.85. The van der Waals surface area contributed by atoms with Gasteiger partial charge in [-0.1, -0.05) is 36.8 Å². The Morgan fingerprint density at radius 2 is 1.62 bits per heavy atom. The van der Waals surface area contributed by atoms with Crippen molar-refractivity contribution in [3.05, 3.63) is 35.9 Å². The zero-order chi connectivity index (χ0) is 8.65. The van der Waals surface area contributed by atoms with Crippen LogP contribution >= 0.6 is 12.4 Å². The van der Waals surface area contributed by atoms with E-state index in [2.05, 4.69) is 30.3 Å². The van der Waals surface area contributed by atoms with Crippen LogP contribution in [0, 0.1) is 0 Å². The normalized spacial score (nSPS) is 9.31. The first kappa shape index (κ1) is 12.5. The lowest BCUT2D eigenvalue weighted by molar-refractivity contribution is 0.686. The summed E-state index contributed by atoms with van der Waals surface area (Å²) < 4.78 is 0. The van der Waals surface area contributed by atoms with Gasteiger partial charge in [-0.05, 0) is 31.4 Å². The Hall–Kier alpha value is -0.530. The van der Waals surface area contributed by atoms with Crippen LogP contribution in [0.5, 0.6) is 0 Å². The van der Waals surface area contributed by atoms with Crippen LogP contribution in [0.25, 0.3) is 0 Å². The molecule has 0 atom stereocenters. The Kier molecular flexibility index (Phi) is 7.76. The van der Waals surface area contributed by atoms with E-state index in [1.807, 2.05) is 0 Å². The first-order valence-electron chi connectivity index (χ1n) is 4.67. The van der Waals surface area contributed by atoms with Crippen molar-refractivity contribution >= 4 is 12.4 Å². The molecular weight excluding hydrogens is 182 g/mol. The Bertz CT molecular complexity index is 199. The van der Waals surface area contributed by atoms with Gasteiger partial charge in [0.05, 0.1) is 0 Å². The molecule has 0 aliphatic rings. The summed E-state index contributed by atoms with van der Waals surface area (Å²) in [4.78, 5) is 0. The summed E-state index contributed by atoms with van der Waals surface area (Å²) in [6.07, 6.45) is 4.88. The van der Waals surface area contributed by atoms with Gasteiger partial charge < -0.3 is 5.73 Å². The number of aryl methyl sites for hydroxylation is 1. The van der Waals surface area contributed by atoms with Crippen molar-refractivity contribution in [1.29, 1.82) is 0 Å². The highest BCUT2D eigenvalue weighted by molar-refractivity contribution is 5.85. The Morgan fingerprint density at radius 1 is 0.923 bits per heavy atom. The molecule has 0 aliphatic heterocycles. The summed E-state index contributed by atoms with van der Waals surface area (Å²) in [5, 5.41) is 0. The summed E-state index contributed by atoms with van der Waals surface area (Å²) in [7, 11) is 0. The van der Waals surface area contributed by atoms with Crippen LogP contribution < -0.4 is 5.73 Å². The quantitative estimate of drug-likeness (QED) is 0.726. The van der Waals surface area contributed by atoms with Gasteiger partial charge in [0.25, 0.3) is 0 Å². The van der Waals surface area contributed by atoms with Crippen LogP contribution in [0.2, 0.25) is 0 Å². The lowest BCUT2D eigenvalue weighted by Crippen LogP contribution is -1.98. The molecule has 0 amide bonds. The fraction of sp³-hybridized carbons (Fsp3) is 0.455. The molecule has 1 aromatic carbocycles. The molecule has 0 aliphatic carbocycles. The van der Waals surface area contributed by atoms with Gasteiger partial charge in [-0.2, -0.15) is 0 Å². The van der Waals surface area contributed by atoms with Gasteiger partial charge in [-0.25, -0.2) is 0 Å². The highest BCUT2D eigenvalue weighted by Crippen LogP contribution is 2.05. The first-order chi connectivity index (χ1) is 5.93. The van der Waals surface area contributed by atoms with Crippen molar-refractivity contribution in [3.8, 4) is 0 Å². The van der Waals surface area contributed by atoms with Crippen molar-refractivity contribution < 1.29 is 0 Å². The molecule has 0 saturated heterocycles. The molecule has 0 aromatic heterocycles. The third-order valence-electron chi connectivity index (χ3n) is 2.01. The Balaban J connectivity index is 0.00000144. The number of nitrogens with two attached hydrogens (primary N) is 1. The van der Waals surface area contributed by atoms with E-state index in [1.165, 1.54) is 24.8 Å². The molecule has 74 valence electrons. The van der Waals surface area contributed by atoms with Crippen molar-refractivity contribution in [2.24, 2.45) is 5.73 Å². The maximum atomic E-state index is 5.41. The van der Waals surface area contributed by atoms with Crippen molar-refractivity contribution in [2.45, 2.75) is 25.7 Å². The molecule has 0 saturated carbocycles. The first-order valence-corrected chi connectivity index (χ1v) is 4.67. The van der Waals surface area contributed by atoms with Crippen LogP contribution in [0.4, 0.5) is 0 Å². The molecule has 1 nitrogen and oxygen atoms in total. The molecule has 0 heterocycles. The van der Waals surface area contributed by atoms with E-state index in [0.29, 0.717) is 0 Å². The van der Waals surface area contributed by atoms with E-state index in [0.717, 1.165) is 13.0 Å². The van der Waals surface area contributed by atoms with Crippen LogP contribution in [0.15, 0.2) is 30.3 Å². The van der Waals surface area contributed by atoms with Gasteiger partial charge in [0.2, 0.25) is 0 Å². The zero-order valence-electron chi connectivity index (χ0n) is 7.91. The standard InChI is InChI=1S/C11H17N.ClH/c12-10-6-2-5-9-11-7-3-1-4-8-11;/h1,3-4,7-8H,2,5-6,9-10,12H2;1H. The lowest BCUT2D eigenvalue weighted by atomic mass is 10.1. The van der Waals surface area contributed by atoms with Gasteiger partial charge in [0.1, 0.15) is 0 Å². The minimum atomic E-state index is 0. The average Bonchev–Trinajstić information content (AvgIpc) is 2.14. The summed E-state index contributed by atoms with van der Waals surface area (Å²) >= 11 is 0. The highest BCUT2D eigenvalue weighted by Gasteiger charge is 1.90. The zero-order valence-corrected chi connectivity index (χ0v) is 8.72. The number of halogens is 1. The van der Waals surface area contributed by atoms with Gasteiger partial charge in [-0.15, -0.1) is 12.4 Å². The highest BCUT2D eigenvalue weighted by atomic mass is 35.5. The van der Waals surface area contributed by atoms with Crippen molar-refractivity contribution in [2.75, 3.05) is 6.54 Å². The number of unbranched alkanes of at least 4 members (excludes halogenated alkanes) is 2. The van der Waals surface area contributed by atoms with E-state index in [1.54, 1.807) is 0 Å². The number of benzene rings is 1. The van der Waals surface area contributed by atoms with E-state index in [4.69, 9.17) is 5.73 Å². The average molecular weight is 200 g/mol. The van der Waals surface area contributed by atoms with E-state index in [-0.39, 0.29) is 12.4 Å². The van der Waals surface area contributed by atoms with Crippen LogP contribution in [-0.4, -0.2) is 6.54 Å². The molecule has 0 spiro atoms. The van der Waals surface area contributed by atoms with Crippen LogP contribution in [0.1, 0.15) is 24.8 Å².